The monoisotopic (exact) mass is 283 g/mol. The molecule has 0 saturated carbocycles. The number of rotatable bonds is 4. The number of hydrogen-bond acceptors (Lipinski definition) is 3. The van der Waals surface area contributed by atoms with Crippen molar-refractivity contribution in [2.24, 2.45) is 0 Å². The zero-order valence-corrected chi connectivity index (χ0v) is 10.7. The van der Waals surface area contributed by atoms with E-state index in [0.717, 1.165) is 34.4 Å². The molecule has 0 aliphatic heterocycles. The standard InChI is InChI=1S/C11H14BrN3O/c1-2-16-4-3-10-14-9-6-7(12)5-8(13)11(9)15-10/h5-6H,2-4,13H2,1H3,(H,14,15). The van der Waals surface area contributed by atoms with Crippen LogP contribution in [0, 0.1) is 0 Å². The highest BCUT2D eigenvalue weighted by Crippen LogP contribution is 2.24. The van der Waals surface area contributed by atoms with Crippen LogP contribution in [0.25, 0.3) is 11.0 Å². The largest absolute Gasteiger partial charge is 0.397 e. The Kier molecular flexibility index (Phi) is 3.46. The number of fused-ring (bicyclic) bond motifs is 1. The fourth-order valence-corrected chi connectivity index (χ4v) is 2.07. The van der Waals surface area contributed by atoms with E-state index in [-0.39, 0.29) is 0 Å². The zero-order valence-electron chi connectivity index (χ0n) is 9.09. The summed E-state index contributed by atoms with van der Waals surface area (Å²) in [5.41, 5.74) is 8.35. The molecule has 0 spiro atoms. The van der Waals surface area contributed by atoms with Gasteiger partial charge in [0.25, 0.3) is 0 Å². The molecule has 0 saturated heterocycles. The smallest absolute Gasteiger partial charge is 0.112 e. The van der Waals surface area contributed by atoms with E-state index in [9.17, 15) is 0 Å². The summed E-state index contributed by atoms with van der Waals surface area (Å²) >= 11 is 3.40. The van der Waals surface area contributed by atoms with E-state index < -0.39 is 0 Å². The predicted molar refractivity (Wildman–Crippen MR) is 68.4 cm³/mol. The quantitative estimate of drug-likeness (QED) is 0.669. The summed E-state index contributed by atoms with van der Waals surface area (Å²) in [5.74, 6) is 0.910. The van der Waals surface area contributed by atoms with Crippen LogP contribution in [0.4, 0.5) is 5.69 Å². The van der Waals surface area contributed by atoms with Crippen LogP contribution in [0.3, 0.4) is 0 Å². The first-order chi connectivity index (χ1) is 7.70. The van der Waals surface area contributed by atoms with Crippen molar-refractivity contribution in [3.05, 3.63) is 22.4 Å². The van der Waals surface area contributed by atoms with E-state index in [1.165, 1.54) is 0 Å². The summed E-state index contributed by atoms with van der Waals surface area (Å²) in [6.45, 7) is 3.39. The van der Waals surface area contributed by atoms with E-state index in [1.807, 2.05) is 19.1 Å². The van der Waals surface area contributed by atoms with Crippen molar-refractivity contribution in [3.63, 3.8) is 0 Å². The summed E-state index contributed by atoms with van der Waals surface area (Å²) < 4.78 is 6.24. The van der Waals surface area contributed by atoms with Gasteiger partial charge in [-0.2, -0.15) is 0 Å². The normalized spacial score (nSPS) is 11.1. The number of benzene rings is 1. The van der Waals surface area contributed by atoms with Crippen molar-refractivity contribution < 1.29 is 4.74 Å². The van der Waals surface area contributed by atoms with E-state index in [2.05, 4.69) is 25.9 Å². The molecule has 4 nitrogen and oxygen atoms in total. The topological polar surface area (TPSA) is 63.9 Å². The number of ether oxygens (including phenoxy) is 1. The van der Waals surface area contributed by atoms with Gasteiger partial charge in [-0.25, -0.2) is 4.98 Å². The van der Waals surface area contributed by atoms with E-state index in [4.69, 9.17) is 10.5 Å². The number of aromatic amines is 1. The van der Waals surface area contributed by atoms with Crippen LogP contribution >= 0.6 is 15.9 Å². The van der Waals surface area contributed by atoms with Crippen LogP contribution in [-0.4, -0.2) is 23.2 Å². The number of halogens is 1. The van der Waals surface area contributed by atoms with Gasteiger partial charge in [0, 0.05) is 17.5 Å². The van der Waals surface area contributed by atoms with E-state index in [1.54, 1.807) is 0 Å². The van der Waals surface area contributed by atoms with Crippen LogP contribution in [0.15, 0.2) is 16.6 Å². The van der Waals surface area contributed by atoms with Crippen LogP contribution in [0.2, 0.25) is 0 Å². The lowest BCUT2D eigenvalue weighted by Crippen LogP contribution is -1.99. The summed E-state index contributed by atoms with van der Waals surface area (Å²) in [5, 5.41) is 0. The Balaban J connectivity index is 2.26. The number of nitrogens with one attached hydrogen (secondary N) is 1. The number of nitrogens with zero attached hydrogens (tertiary/aromatic N) is 1. The first-order valence-corrected chi connectivity index (χ1v) is 6.01. The van der Waals surface area contributed by atoms with Gasteiger partial charge in [0.15, 0.2) is 0 Å². The fraction of sp³-hybridized carbons (Fsp3) is 0.364. The Bertz CT molecular complexity index is 495. The van der Waals surface area contributed by atoms with Gasteiger partial charge in [0.2, 0.25) is 0 Å². The van der Waals surface area contributed by atoms with Crippen molar-refractivity contribution in [3.8, 4) is 0 Å². The molecular formula is C11H14BrN3O. The zero-order chi connectivity index (χ0) is 11.5. The molecule has 3 N–H and O–H groups in total. The third kappa shape index (κ3) is 2.36. The minimum absolute atomic E-state index is 0.678. The molecule has 5 heteroatoms. The van der Waals surface area contributed by atoms with Gasteiger partial charge in [0.05, 0.1) is 17.8 Å². The second-order valence-electron chi connectivity index (χ2n) is 3.52. The Morgan fingerprint density at radius 3 is 3.06 bits per heavy atom. The van der Waals surface area contributed by atoms with E-state index >= 15 is 0 Å². The molecule has 2 aromatic rings. The molecule has 1 aromatic heterocycles. The number of anilines is 1. The molecule has 0 aliphatic rings. The second kappa shape index (κ2) is 4.84. The number of H-pyrrole nitrogens is 1. The minimum atomic E-state index is 0.678. The molecule has 0 bridgehead atoms. The number of nitrogens with two attached hydrogens (primary N) is 1. The summed E-state index contributed by atoms with van der Waals surface area (Å²) in [7, 11) is 0. The highest BCUT2D eigenvalue weighted by atomic mass is 79.9. The Labute approximate surface area is 102 Å². The molecule has 16 heavy (non-hydrogen) atoms. The third-order valence-electron chi connectivity index (χ3n) is 2.32. The minimum Gasteiger partial charge on any atom is -0.397 e. The molecule has 0 amide bonds. The van der Waals surface area contributed by atoms with Crippen LogP contribution in [0.5, 0.6) is 0 Å². The van der Waals surface area contributed by atoms with Crippen molar-refractivity contribution in [1.29, 1.82) is 0 Å². The first-order valence-electron chi connectivity index (χ1n) is 5.22. The maximum Gasteiger partial charge on any atom is 0.112 e. The number of nitrogen functional groups attached to an aromatic ring is 1. The lowest BCUT2D eigenvalue weighted by molar-refractivity contribution is 0.149. The maximum absolute atomic E-state index is 5.88. The first kappa shape index (κ1) is 11.4. The molecule has 0 aliphatic carbocycles. The summed E-state index contributed by atoms with van der Waals surface area (Å²) in [6, 6.07) is 3.83. The van der Waals surface area contributed by atoms with Crippen LogP contribution in [0.1, 0.15) is 12.7 Å². The number of hydrogen-bond donors (Lipinski definition) is 2. The molecule has 1 aromatic carbocycles. The highest BCUT2D eigenvalue weighted by Gasteiger charge is 2.06. The number of imidazole rings is 1. The van der Waals surface area contributed by atoms with Gasteiger partial charge in [0.1, 0.15) is 11.3 Å². The lowest BCUT2D eigenvalue weighted by atomic mass is 10.3. The number of aromatic nitrogens is 2. The molecular weight excluding hydrogens is 270 g/mol. The van der Waals surface area contributed by atoms with Crippen molar-refractivity contribution >= 4 is 32.7 Å². The van der Waals surface area contributed by atoms with Gasteiger partial charge in [-0.05, 0) is 19.1 Å². The SMILES string of the molecule is CCOCCc1nc2c(N)cc(Br)cc2[nH]1. The van der Waals surface area contributed by atoms with E-state index in [0.29, 0.717) is 12.3 Å². The van der Waals surface area contributed by atoms with Gasteiger partial charge < -0.3 is 15.5 Å². The fourth-order valence-electron chi connectivity index (χ4n) is 1.59. The molecule has 0 radical (unpaired) electrons. The highest BCUT2D eigenvalue weighted by molar-refractivity contribution is 9.10. The molecule has 2 rings (SSSR count). The van der Waals surface area contributed by atoms with Gasteiger partial charge in [-0.15, -0.1) is 0 Å². The average molecular weight is 284 g/mol. The Hall–Kier alpha value is -1.07. The lowest BCUT2D eigenvalue weighted by Gasteiger charge is -1.96. The summed E-state index contributed by atoms with van der Waals surface area (Å²) in [4.78, 5) is 7.68. The Morgan fingerprint density at radius 1 is 1.50 bits per heavy atom. The molecule has 0 unspecified atom stereocenters. The Morgan fingerprint density at radius 2 is 2.31 bits per heavy atom. The van der Waals surface area contributed by atoms with Crippen LogP contribution < -0.4 is 5.73 Å². The van der Waals surface area contributed by atoms with Crippen molar-refractivity contribution in [1.82, 2.24) is 9.97 Å². The maximum atomic E-state index is 5.88. The molecule has 86 valence electrons. The predicted octanol–water partition coefficient (Wildman–Crippen LogP) is 2.49. The second-order valence-corrected chi connectivity index (χ2v) is 4.44. The average Bonchev–Trinajstić information content (AvgIpc) is 2.61. The van der Waals surface area contributed by atoms with Crippen molar-refractivity contribution in [2.75, 3.05) is 18.9 Å². The van der Waals surface area contributed by atoms with Gasteiger partial charge in [-0.1, -0.05) is 15.9 Å². The van der Waals surface area contributed by atoms with Gasteiger partial charge in [-0.3, -0.25) is 0 Å². The third-order valence-corrected chi connectivity index (χ3v) is 2.78. The molecule has 0 fully saturated rings. The van der Waals surface area contributed by atoms with Gasteiger partial charge >= 0.3 is 0 Å². The summed E-state index contributed by atoms with van der Waals surface area (Å²) in [6.07, 6.45) is 0.777. The van der Waals surface area contributed by atoms with Crippen LogP contribution in [-0.2, 0) is 11.2 Å². The van der Waals surface area contributed by atoms with Crippen molar-refractivity contribution in [2.45, 2.75) is 13.3 Å². The molecule has 0 atom stereocenters. The molecule has 1 heterocycles.